The maximum atomic E-state index is 13.5. The minimum Gasteiger partial charge on any atom is -0.497 e. The van der Waals surface area contributed by atoms with Crippen LogP contribution in [-0.2, 0) is 17.8 Å². The third-order valence-corrected chi connectivity index (χ3v) is 5.11. The molecule has 0 aliphatic heterocycles. The summed E-state index contributed by atoms with van der Waals surface area (Å²) >= 11 is 0. The molecule has 0 heterocycles. The summed E-state index contributed by atoms with van der Waals surface area (Å²) in [5.74, 6) is 0.327. The molecule has 0 aromatic heterocycles. The lowest BCUT2D eigenvalue weighted by atomic mass is 10.1. The Morgan fingerprint density at radius 2 is 1.70 bits per heavy atom. The van der Waals surface area contributed by atoms with E-state index in [4.69, 9.17) is 4.74 Å². The van der Waals surface area contributed by atoms with Crippen molar-refractivity contribution in [3.05, 3.63) is 95.3 Å². The highest BCUT2D eigenvalue weighted by atomic mass is 19.1. The van der Waals surface area contributed by atoms with Crippen molar-refractivity contribution in [2.24, 2.45) is 5.92 Å². The fourth-order valence-electron chi connectivity index (χ4n) is 3.36. The number of methoxy groups -OCH3 is 1. The average Bonchev–Trinajstić information content (AvgIpc) is 2.82. The summed E-state index contributed by atoms with van der Waals surface area (Å²) in [6.45, 7) is 4.94. The van der Waals surface area contributed by atoms with Gasteiger partial charge in [0.05, 0.1) is 20.1 Å². The van der Waals surface area contributed by atoms with E-state index in [1.807, 2.05) is 38.1 Å². The summed E-state index contributed by atoms with van der Waals surface area (Å²) in [7, 11) is 1.55. The predicted molar refractivity (Wildman–Crippen MR) is 128 cm³/mol. The lowest BCUT2D eigenvalue weighted by Gasteiger charge is -2.24. The SMILES string of the molecule is COc1cccc(C(=O)N(Cc2ccc(F)cc2)c2cccc(CC(=O)NCC(C)C)c2)c1. The van der Waals surface area contributed by atoms with E-state index in [9.17, 15) is 14.0 Å². The molecule has 6 heteroatoms. The van der Waals surface area contributed by atoms with Crippen LogP contribution in [0.4, 0.5) is 10.1 Å². The van der Waals surface area contributed by atoms with E-state index in [1.54, 1.807) is 48.4 Å². The molecule has 0 aliphatic carbocycles. The Morgan fingerprint density at radius 1 is 0.970 bits per heavy atom. The topological polar surface area (TPSA) is 58.6 Å². The van der Waals surface area contributed by atoms with E-state index in [1.165, 1.54) is 12.1 Å². The quantitative estimate of drug-likeness (QED) is 0.501. The van der Waals surface area contributed by atoms with E-state index < -0.39 is 0 Å². The standard InChI is InChI=1S/C27H29FN2O3/c1-19(2)17-29-26(31)15-21-6-4-8-24(14-21)30(18-20-10-12-23(28)13-11-20)27(32)22-7-5-9-25(16-22)33-3/h4-14,16,19H,15,17-18H2,1-3H3,(H,29,31). The van der Waals surface area contributed by atoms with E-state index in [0.717, 1.165) is 11.1 Å². The molecular formula is C27H29FN2O3. The van der Waals surface area contributed by atoms with Crippen LogP contribution in [0.3, 0.4) is 0 Å². The van der Waals surface area contributed by atoms with Crippen molar-refractivity contribution >= 4 is 17.5 Å². The van der Waals surface area contributed by atoms with Gasteiger partial charge in [0.2, 0.25) is 5.91 Å². The van der Waals surface area contributed by atoms with Crippen LogP contribution in [0.5, 0.6) is 5.75 Å². The normalized spacial score (nSPS) is 10.7. The summed E-state index contributed by atoms with van der Waals surface area (Å²) in [5, 5.41) is 2.92. The fourth-order valence-corrected chi connectivity index (χ4v) is 3.36. The molecule has 0 radical (unpaired) electrons. The zero-order valence-corrected chi connectivity index (χ0v) is 19.2. The summed E-state index contributed by atoms with van der Waals surface area (Å²) in [5.41, 5.74) is 2.71. The Balaban J connectivity index is 1.90. The first-order chi connectivity index (χ1) is 15.9. The van der Waals surface area contributed by atoms with Gasteiger partial charge in [-0.05, 0) is 59.5 Å². The number of nitrogens with zero attached hydrogens (tertiary/aromatic N) is 1. The number of hydrogen-bond donors (Lipinski definition) is 1. The van der Waals surface area contributed by atoms with Gasteiger partial charge in [-0.15, -0.1) is 0 Å². The van der Waals surface area contributed by atoms with Crippen molar-refractivity contribution in [3.63, 3.8) is 0 Å². The molecule has 0 spiro atoms. The molecule has 3 aromatic carbocycles. The van der Waals surface area contributed by atoms with Gasteiger partial charge in [-0.1, -0.05) is 44.2 Å². The van der Waals surface area contributed by atoms with Crippen LogP contribution in [0, 0.1) is 11.7 Å². The van der Waals surface area contributed by atoms with Gasteiger partial charge in [0, 0.05) is 17.8 Å². The summed E-state index contributed by atoms with van der Waals surface area (Å²) in [6.07, 6.45) is 0.221. The average molecular weight is 449 g/mol. The molecule has 0 aliphatic rings. The maximum absolute atomic E-state index is 13.5. The van der Waals surface area contributed by atoms with Crippen molar-refractivity contribution in [1.29, 1.82) is 0 Å². The number of hydrogen-bond acceptors (Lipinski definition) is 3. The van der Waals surface area contributed by atoms with Crippen LogP contribution < -0.4 is 15.0 Å². The summed E-state index contributed by atoms with van der Waals surface area (Å²) < 4.78 is 18.7. The smallest absolute Gasteiger partial charge is 0.258 e. The Bertz CT molecular complexity index is 1100. The number of ether oxygens (including phenoxy) is 1. The van der Waals surface area contributed by atoms with Crippen LogP contribution in [0.1, 0.15) is 35.3 Å². The monoisotopic (exact) mass is 448 g/mol. The molecule has 172 valence electrons. The number of anilines is 1. The first kappa shape index (κ1) is 24.0. The number of amides is 2. The number of carbonyl (C=O) groups is 2. The lowest BCUT2D eigenvalue weighted by molar-refractivity contribution is -0.120. The molecule has 5 nitrogen and oxygen atoms in total. The van der Waals surface area contributed by atoms with Gasteiger partial charge < -0.3 is 15.0 Å². The van der Waals surface area contributed by atoms with Crippen LogP contribution in [0.25, 0.3) is 0 Å². The van der Waals surface area contributed by atoms with Crippen molar-refractivity contribution < 1.29 is 18.7 Å². The van der Waals surface area contributed by atoms with Gasteiger partial charge in [0.25, 0.3) is 5.91 Å². The van der Waals surface area contributed by atoms with Crippen LogP contribution in [-0.4, -0.2) is 25.5 Å². The third kappa shape index (κ3) is 6.91. The minimum atomic E-state index is -0.334. The molecule has 0 unspecified atom stereocenters. The van der Waals surface area contributed by atoms with Gasteiger partial charge >= 0.3 is 0 Å². The number of rotatable bonds is 9. The molecule has 2 amide bonds. The van der Waals surface area contributed by atoms with Crippen molar-refractivity contribution in [2.45, 2.75) is 26.8 Å². The maximum Gasteiger partial charge on any atom is 0.258 e. The van der Waals surface area contributed by atoms with E-state index >= 15 is 0 Å². The molecule has 1 N–H and O–H groups in total. The molecule has 0 saturated heterocycles. The Kier molecular flexibility index (Phi) is 8.19. The van der Waals surface area contributed by atoms with Crippen molar-refractivity contribution in [1.82, 2.24) is 5.32 Å². The van der Waals surface area contributed by atoms with E-state index in [2.05, 4.69) is 5.32 Å². The molecule has 3 aromatic rings. The molecule has 3 rings (SSSR count). The van der Waals surface area contributed by atoms with Gasteiger partial charge in [0.1, 0.15) is 11.6 Å². The minimum absolute atomic E-state index is 0.0648. The van der Waals surface area contributed by atoms with Crippen LogP contribution >= 0.6 is 0 Å². The first-order valence-corrected chi connectivity index (χ1v) is 10.9. The van der Waals surface area contributed by atoms with Crippen LogP contribution in [0.15, 0.2) is 72.8 Å². The molecule has 0 atom stereocenters. The van der Waals surface area contributed by atoms with E-state index in [0.29, 0.717) is 29.5 Å². The van der Waals surface area contributed by atoms with Gasteiger partial charge in [-0.2, -0.15) is 0 Å². The number of benzene rings is 3. The molecule has 33 heavy (non-hydrogen) atoms. The number of carbonyl (C=O) groups excluding carboxylic acids is 2. The molecule has 0 bridgehead atoms. The highest BCUT2D eigenvalue weighted by Crippen LogP contribution is 2.24. The number of nitrogens with one attached hydrogen (secondary N) is 1. The highest BCUT2D eigenvalue weighted by molar-refractivity contribution is 6.06. The van der Waals surface area contributed by atoms with E-state index in [-0.39, 0.29) is 30.6 Å². The Labute approximate surface area is 194 Å². The Morgan fingerprint density at radius 3 is 2.39 bits per heavy atom. The van der Waals surface area contributed by atoms with Crippen molar-refractivity contribution in [2.75, 3.05) is 18.6 Å². The number of halogens is 1. The summed E-state index contributed by atoms with van der Waals surface area (Å²) in [6, 6.07) is 20.4. The van der Waals surface area contributed by atoms with Crippen LogP contribution in [0.2, 0.25) is 0 Å². The van der Waals surface area contributed by atoms with Crippen molar-refractivity contribution in [3.8, 4) is 5.75 Å². The summed E-state index contributed by atoms with van der Waals surface area (Å²) in [4.78, 5) is 27.4. The second-order valence-corrected chi connectivity index (χ2v) is 8.29. The first-order valence-electron chi connectivity index (χ1n) is 10.9. The lowest BCUT2D eigenvalue weighted by Crippen LogP contribution is -2.31. The second kappa shape index (κ2) is 11.3. The van der Waals surface area contributed by atoms with Gasteiger partial charge in [0.15, 0.2) is 0 Å². The zero-order valence-electron chi connectivity index (χ0n) is 19.2. The van der Waals surface area contributed by atoms with Gasteiger partial charge in [-0.3, -0.25) is 9.59 Å². The highest BCUT2D eigenvalue weighted by Gasteiger charge is 2.20. The molecule has 0 saturated carbocycles. The third-order valence-electron chi connectivity index (χ3n) is 5.11. The molecule has 0 fully saturated rings. The zero-order chi connectivity index (χ0) is 23.8. The second-order valence-electron chi connectivity index (χ2n) is 8.29. The Hall–Kier alpha value is -3.67. The predicted octanol–water partition coefficient (Wildman–Crippen LogP) is 5.00. The largest absolute Gasteiger partial charge is 0.497 e. The fraction of sp³-hybridized carbons (Fsp3) is 0.259. The van der Waals surface area contributed by atoms with Gasteiger partial charge in [-0.25, -0.2) is 4.39 Å². The molecular weight excluding hydrogens is 419 g/mol.